The van der Waals surface area contributed by atoms with E-state index in [-0.39, 0.29) is 11.4 Å². The van der Waals surface area contributed by atoms with E-state index in [1.54, 1.807) is 0 Å². The molecule has 0 atom stereocenters. The zero-order chi connectivity index (χ0) is 10.0. The highest BCUT2D eigenvalue weighted by atomic mass is 16.3. The molecule has 0 saturated heterocycles. The largest absolute Gasteiger partial charge is 0.451 e. The van der Waals surface area contributed by atoms with Crippen LogP contribution in [0.1, 0.15) is 29.8 Å². The Morgan fingerprint density at radius 3 is 3.00 bits per heavy atom. The minimum Gasteiger partial charge on any atom is -0.451 e. The Morgan fingerprint density at radius 2 is 2.50 bits per heavy atom. The summed E-state index contributed by atoms with van der Waals surface area (Å²) in [7, 11) is 0. The molecule has 2 rings (SSSR count). The van der Waals surface area contributed by atoms with Crippen molar-refractivity contribution >= 4 is 5.91 Å². The van der Waals surface area contributed by atoms with Crippen LogP contribution in [0.2, 0.25) is 0 Å². The average Bonchev–Trinajstić information content (AvgIpc) is 2.63. The second-order valence-corrected chi connectivity index (χ2v) is 3.77. The summed E-state index contributed by atoms with van der Waals surface area (Å²) in [5.41, 5.74) is 6.05. The normalized spacial score (nSPS) is 18.6. The molecule has 0 aromatic carbocycles. The predicted octanol–water partition coefficient (Wildman–Crippen LogP) is 0.286. The van der Waals surface area contributed by atoms with Crippen LogP contribution in [0.5, 0.6) is 0 Å². The molecule has 5 nitrogen and oxygen atoms in total. The molecule has 0 unspecified atom stereocenters. The number of hydrogen-bond acceptors (Lipinski definition) is 4. The fraction of sp³-hybridized carbons (Fsp3) is 0.556. The van der Waals surface area contributed by atoms with Gasteiger partial charge in [-0.15, -0.1) is 0 Å². The van der Waals surface area contributed by atoms with Crippen molar-refractivity contribution in [3.8, 4) is 0 Å². The van der Waals surface area contributed by atoms with Gasteiger partial charge in [0.2, 0.25) is 0 Å². The minimum absolute atomic E-state index is 0.195. The summed E-state index contributed by atoms with van der Waals surface area (Å²) in [6, 6.07) is 0. The van der Waals surface area contributed by atoms with Gasteiger partial charge in [-0.3, -0.25) is 4.79 Å². The Bertz CT molecular complexity index is 317. The van der Waals surface area contributed by atoms with Crippen molar-refractivity contribution < 1.29 is 9.21 Å². The first-order chi connectivity index (χ1) is 6.70. The van der Waals surface area contributed by atoms with Gasteiger partial charge in [-0.05, 0) is 19.3 Å². The highest BCUT2D eigenvalue weighted by molar-refractivity contribution is 5.91. The van der Waals surface area contributed by atoms with Crippen LogP contribution < -0.4 is 11.1 Å². The maximum Gasteiger partial charge on any atom is 0.273 e. The van der Waals surface area contributed by atoms with Gasteiger partial charge in [0.15, 0.2) is 12.1 Å². The van der Waals surface area contributed by atoms with Crippen LogP contribution in [-0.4, -0.2) is 23.0 Å². The van der Waals surface area contributed by atoms with Crippen LogP contribution >= 0.6 is 0 Å². The van der Waals surface area contributed by atoms with Crippen molar-refractivity contribution in [2.75, 3.05) is 6.54 Å². The van der Waals surface area contributed by atoms with Crippen molar-refractivity contribution in [3.63, 3.8) is 0 Å². The average molecular weight is 195 g/mol. The number of amides is 1. The standard InChI is InChI=1S/C9H13N3O2/c10-9(2-1-3-9)5-11-8(13)7-4-14-6-12-7/h4,6H,1-3,5,10H2,(H,11,13). The van der Waals surface area contributed by atoms with E-state index in [1.807, 2.05) is 0 Å². The SMILES string of the molecule is NC1(CNC(=O)c2cocn2)CCC1. The minimum atomic E-state index is -0.226. The number of rotatable bonds is 3. The molecule has 1 amide bonds. The van der Waals surface area contributed by atoms with E-state index < -0.39 is 0 Å². The van der Waals surface area contributed by atoms with Crippen LogP contribution in [0.4, 0.5) is 0 Å². The highest BCUT2D eigenvalue weighted by Crippen LogP contribution is 2.28. The second kappa shape index (κ2) is 3.42. The highest BCUT2D eigenvalue weighted by Gasteiger charge is 2.32. The lowest BCUT2D eigenvalue weighted by Gasteiger charge is -2.37. The summed E-state index contributed by atoms with van der Waals surface area (Å²) in [6.45, 7) is 0.513. The lowest BCUT2D eigenvalue weighted by atomic mass is 9.78. The quantitative estimate of drug-likeness (QED) is 0.726. The molecule has 76 valence electrons. The Hall–Kier alpha value is -1.36. The molecule has 1 aliphatic rings. The smallest absolute Gasteiger partial charge is 0.273 e. The van der Waals surface area contributed by atoms with Gasteiger partial charge in [-0.2, -0.15) is 0 Å². The van der Waals surface area contributed by atoms with E-state index in [4.69, 9.17) is 10.2 Å². The van der Waals surface area contributed by atoms with Gasteiger partial charge < -0.3 is 15.5 Å². The molecule has 1 aromatic rings. The van der Waals surface area contributed by atoms with Crippen LogP contribution in [0.15, 0.2) is 17.1 Å². The Balaban J connectivity index is 1.84. The zero-order valence-electron chi connectivity index (χ0n) is 7.82. The summed E-state index contributed by atoms with van der Waals surface area (Å²) in [6.07, 6.45) is 5.66. The predicted molar refractivity (Wildman–Crippen MR) is 49.6 cm³/mol. The number of oxazole rings is 1. The van der Waals surface area contributed by atoms with Crippen molar-refractivity contribution in [1.82, 2.24) is 10.3 Å². The first-order valence-corrected chi connectivity index (χ1v) is 4.65. The molecular formula is C9H13N3O2. The van der Waals surface area contributed by atoms with E-state index in [0.717, 1.165) is 19.3 Å². The van der Waals surface area contributed by atoms with Crippen molar-refractivity contribution in [3.05, 3.63) is 18.4 Å². The van der Waals surface area contributed by atoms with Gasteiger partial charge in [-0.1, -0.05) is 0 Å². The molecular weight excluding hydrogens is 182 g/mol. The molecule has 0 bridgehead atoms. The van der Waals surface area contributed by atoms with Crippen molar-refractivity contribution in [1.29, 1.82) is 0 Å². The van der Waals surface area contributed by atoms with Crippen LogP contribution in [-0.2, 0) is 0 Å². The molecule has 1 heterocycles. The van der Waals surface area contributed by atoms with Gasteiger partial charge in [-0.25, -0.2) is 4.98 Å². The third-order valence-corrected chi connectivity index (χ3v) is 2.62. The van der Waals surface area contributed by atoms with E-state index in [9.17, 15) is 4.79 Å². The van der Waals surface area contributed by atoms with Gasteiger partial charge in [0, 0.05) is 12.1 Å². The summed E-state index contributed by atoms with van der Waals surface area (Å²) in [5.74, 6) is -0.226. The second-order valence-electron chi connectivity index (χ2n) is 3.77. The maximum absolute atomic E-state index is 11.4. The number of aromatic nitrogens is 1. The van der Waals surface area contributed by atoms with Gasteiger partial charge >= 0.3 is 0 Å². The van der Waals surface area contributed by atoms with Crippen LogP contribution in [0, 0.1) is 0 Å². The first kappa shape index (κ1) is 9.21. The van der Waals surface area contributed by atoms with Crippen molar-refractivity contribution in [2.24, 2.45) is 5.73 Å². The summed E-state index contributed by atoms with van der Waals surface area (Å²) >= 11 is 0. The maximum atomic E-state index is 11.4. The van der Waals surface area contributed by atoms with Crippen LogP contribution in [0.3, 0.4) is 0 Å². The monoisotopic (exact) mass is 195 g/mol. The molecule has 0 radical (unpaired) electrons. The Labute approximate surface area is 81.7 Å². The molecule has 1 saturated carbocycles. The van der Waals surface area contributed by atoms with Gasteiger partial charge in [0.1, 0.15) is 6.26 Å². The summed E-state index contributed by atoms with van der Waals surface area (Å²) in [5, 5.41) is 2.74. The molecule has 1 aliphatic carbocycles. The van der Waals surface area contributed by atoms with Crippen molar-refractivity contribution in [2.45, 2.75) is 24.8 Å². The number of carbonyl (C=O) groups is 1. The van der Waals surface area contributed by atoms with Gasteiger partial charge in [0.25, 0.3) is 5.91 Å². The van der Waals surface area contributed by atoms with E-state index in [1.165, 1.54) is 12.7 Å². The topological polar surface area (TPSA) is 81.1 Å². The van der Waals surface area contributed by atoms with Crippen LogP contribution in [0.25, 0.3) is 0 Å². The third kappa shape index (κ3) is 1.77. The third-order valence-electron chi connectivity index (χ3n) is 2.62. The Morgan fingerprint density at radius 1 is 1.71 bits per heavy atom. The van der Waals surface area contributed by atoms with E-state index in [0.29, 0.717) is 12.2 Å². The molecule has 1 fully saturated rings. The number of nitrogens with one attached hydrogen (secondary N) is 1. The number of carbonyl (C=O) groups excluding carboxylic acids is 1. The van der Waals surface area contributed by atoms with E-state index >= 15 is 0 Å². The summed E-state index contributed by atoms with van der Waals surface area (Å²) in [4.78, 5) is 15.1. The number of nitrogens with zero attached hydrogens (tertiary/aromatic N) is 1. The van der Waals surface area contributed by atoms with E-state index in [2.05, 4.69) is 10.3 Å². The zero-order valence-corrected chi connectivity index (χ0v) is 7.82. The summed E-state index contributed by atoms with van der Waals surface area (Å²) < 4.78 is 4.70. The Kier molecular flexibility index (Phi) is 2.25. The molecule has 0 spiro atoms. The first-order valence-electron chi connectivity index (χ1n) is 4.65. The molecule has 14 heavy (non-hydrogen) atoms. The fourth-order valence-electron chi connectivity index (χ4n) is 1.48. The number of hydrogen-bond donors (Lipinski definition) is 2. The molecule has 5 heteroatoms. The van der Waals surface area contributed by atoms with Gasteiger partial charge in [0.05, 0.1) is 0 Å². The molecule has 1 aromatic heterocycles. The number of nitrogens with two attached hydrogens (primary N) is 1. The molecule has 3 N–H and O–H groups in total. The lowest BCUT2D eigenvalue weighted by molar-refractivity contribution is 0.0925. The molecule has 0 aliphatic heterocycles. The lowest BCUT2D eigenvalue weighted by Crippen LogP contribution is -2.54. The fourth-order valence-corrected chi connectivity index (χ4v) is 1.48.